The van der Waals surface area contributed by atoms with Gasteiger partial charge in [-0.1, -0.05) is 24.3 Å². The van der Waals surface area contributed by atoms with Crippen LogP contribution in [0.1, 0.15) is 21.7 Å². The second-order valence-electron chi connectivity index (χ2n) is 4.53. The van der Waals surface area contributed by atoms with E-state index in [1.165, 1.54) is 10.9 Å². The van der Waals surface area contributed by atoms with Crippen molar-refractivity contribution >= 4 is 16.7 Å². The average Bonchev–Trinajstić information content (AvgIpc) is 2.81. The minimum atomic E-state index is -1.00. The maximum Gasteiger partial charge on any atom is 0.339 e. The van der Waals surface area contributed by atoms with Crippen LogP contribution in [0.3, 0.4) is 0 Å². The second kappa shape index (κ2) is 4.41. The number of carboxylic acid groups (broad SMARTS) is 1. The fourth-order valence-electron chi connectivity index (χ4n) is 2.17. The first-order valence-corrected chi connectivity index (χ1v) is 6.10. The fourth-order valence-corrected chi connectivity index (χ4v) is 2.17. The highest BCUT2D eigenvalue weighted by Gasteiger charge is 2.15. The van der Waals surface area contributed by atoms with Crippen LogP contribution in [0, 0.1) is 13.8 Å². The molecule has 0 aliphatic heterocycles. The van der Waals surface area contributed by atoms with Crippen molar-refractivity contribution in [2.45, 2.75) is 13.8 Å². The van der Waals surface area contributed by atoms with E-state index in [1.807, 2.05) is 31.2 Å². The molecule has 6 nitrogen and oxygen atoms in total. The number of aromatic carboxylic acids is 1. The number of aromatic nitrogens is 4. The van der Waals surface area contributed by atoms with Crippen LogP contribution in [0.4, 0.5) is 0 Å². The van der Waals surface area contributed by atoms with Gasteiger partial charge in [-0.2, -0.15) is 10.2 Å². The van der Waals surface area contributed by atoms with Gasteiger partial charge in [-0.15, -0.1) is 5.10 Å². The number of rotatable bonds is 2. The molecule has 0 amide bonds. The number of hydrogen-bond acceptors (Lipinski definition) is 4. The van der Waals surface area contributed by atoms with E-state index in [0.29, 0.717) is 11.5 Å². The number of hydrogen-bond donors (Lipinski definition) is 1. The normalized spacial score (nSPS) is 10.9. The highest BCUT2D eigenvalue weighted by molar-refractivity contribution is 5.91. The van der Waals surface area contributed by atoms with Crippen molar-refractivity contribution < 1.29 is 9.90 Å². The Morgan fingerprint density at radius 1 is 1.10 bits per heavy atom. The molecule has 3 aromatic rings. The highest BCUT2D eigenvalue weighted by atomic mass is 16.4. The minimum Gasteiger partial charge on any atom is -0.478 e. The number of fused-ring (bicyclic) bond motifs is 1. The van der Waals surface area contributed by atoms with Gasteiger partial charge in [0.15, 0.2) is 5.82 Å². The van der Waals surface area contributed by atoms with Crippen LogP contribution in [0.15, 0.2) is 30.5 Å². The van der Waals surface area contributed by atoms with E-state index in [0.717, 1.165) is 16.5 Å². The molecular formula is C14H12N4O2. The molecule has 3 rings (SSSR count). The zero-order valence-corrected chi connectivity index (χ0v) is 11.0. The minimum absolute atomic E-state index is 0.163. The standard InChI is InChI=1S/C14H12N4O2/c1-8-10-5-3-4-6-11(10)13(16-15-8)18-7-12(14(19)20)9(2)17-18/h3-7H,1-2H3,(H,19,20). The third-order valence-corrected chi connectivity index (χ3v) is 3.20. The molecule has 0 bridgehead atoms. The third kappa shape index (κ3) is 1.82. The molecule has 0 unspecified atom stereocenters. The molecule has 0 radical (unpaired) electrons. The van der Waals surface area contributed by atoms with Crippen LogP contribution in [-0.2, 0) is 0 Å². The van der Waals surface area contributed by atoms with Crippen molar-refractivity contribution in [3.8, 4) is 5.82 Å². The van der Waals surface area contributed by atoms with Gasteiger partial charge in [0.25, 0.3) is 0 Å². The summed E-state index contributed by atoms with van der Waals surface area (Å²) in [5.41, 5.74) is 1.44. The Kier molecular flexibility index (Phi) is 2.71. The Bertz CT molecular complexity index is 823. The first-order chi connectivity index (χ1) is 9.58. The van der Waals surface area contributed by atoms with Gasteiger partial charge in [-0.3, -0.25) is 0 Å². The number of aryl methyl sites for hydroxylation is 2. The Morgan fingerprint density at radius 3 is 2.45 bits per heavy atom. The Labute approximate surface area is 114 Å². The van der Waals surface area contributed by atoms with Crippen LogP contribution in [0.5, 0.6) is 0 Å². The largest absolute Gasteiger partial charge is 0.478 e. The van der Waals surface area contributed by atoms with Crippen LogP contribution >= 0.6 is 0 Å². The molecule has 2 aromatic heterocycles. The first kappa shape index (κ1) is 12.3. The van der Waals surface area contributed by atoms with Gasteiger partial charge in [-0.05, 0) is 13.8 Å². The molecule has 2 heterocycles. The van der Waals surface area contributed by atoms with Crippen LogP contribution in [0.25, 0.3) is 16.6 Å². The van der Waals surface area contributed by atoms with Gasteiger partial charge in [0.05, 0.1) is 11.4 Å². The molecular weight excluding hydrogens is 256 g/mol. The van der Waals surface area contributed by atoms with Gasteiger partial charge in [0.1, 0.15) is 5.56 Å². The summed E-state index contributed by atoms with van der Waals surface area (Å²) in [4.78, 5) is 11.1. The zero-order chi connectivity index (χ0) is 14.3. The summed E-state index contributed by atoms with van der Waals surface area (Å²) < 4.78 is 1.47. The number of nitrogens with zero attached hydrogens (tertiary/aromatic N) is 4. The van der Waals surface area contributed by atoms with Crippen molar-refractivity contribution in [1.82, 2.24) is 20.0 Å². The fraction of sp³-hybridized carbons (Fsp3) is 0.143. The lowest BCUT2D eigenvalue weighted by atomic mass is 10.1. The van der Waals surface area contributed by atoms with Crippen molar-refractivity contribution in [3.63, 3.8) is 0 Å². The van der Waals surface area contributed by atoms with Gasteiger partial charge >= 0.3 is 5.97 Å². The van der Waals surface area contributed by atoms with E-state index >= 15 is 0 Å². The molecule has 0 saturated carbocycles. The van der Waals surface area contributed by atoms with Crippen molar-refractivity contribution in [1.29, 1.82) is 0 Å². The molecule has 0 saturated heterocycles. The lowest BCUT2D eigenvalue weighted by Gasteiger charge is -2.06. The Morgan fingerprint density at radius 2 is 1.80 bits per heavy atom. The topological polar surface area (TPSA) is 80.9 Å². The molecule has 20 heavy (non-hydrogen) atoms. The zero-order valence-electron chi connectivity index (χ0n) is 11.0. The summed E-state index contributed by atoms with van der Waals surface area (Å²) >= 11 is 0. The molecule has 100 valence electrons. The number of carbonyl (C=O) groups is 1. The lowest BCUT2D eigenvalue weighted by Crippen LogP contribution is -2.03. The van der Waals surface area contributed by atoms with E-state index in [-0.39, 0.29) is 5.56 Å². The summed E-state index contributed by atoms with van der Waals surface area (Å²) in [6.45, 7) is 3.54. The molecule has 0 aliphatic carbocycles. The summed E-state index contributed by atoms with van der Waals surface area (Å²) in [5.74, 6) is -0.472. The Balaban J connectivity index is 2.28. The smallest absolute Gasteiger partial charge is 0.339 e. The second-order valence-corrected chi connectivity index (χ2v) is 4.53. The monoisotopic (exact) mass is 268 g/mol. The quantitative estimate of drug-likeness (QED) is 0.770. The molecule has 1 N–H and O–H groups in total. The predicted molar refractivity (Wildman–Crippen MR) is 73.1 cm³/mol. The first-order valence-electron chi connectivity index (χ1n) is 6.10. The van der Waals surface area contributed by atoms with Crippen LogP contribution in [-0.4, -0.2) is 31.1 Å². The predicted octanol–water partition coefficient (Wildman–Crippen LogP) is 2.13. The van der Waals surface area contributed by atoms with E-state index in [2.05, 4.69) is 15.3 Å². The molecule has 0 spiro atoms. The molecule has 0 fully saturated rings. The van der Waals surface area contributed by atoms with E-state index in [4.69, 9.17) is 5.11 Å². The third-order valence-electron chi connectivity index (χ3n) is 3.20. The van der Waals surface area contributed by atoms with Gasteiger partial charge in [0, 0.05) is 17.0 Å². The Hall–Kier alpha value is -2.76. The van der Waals surface area contributed by atoms with Gasteiger partial charge < -0.3 is 5.11 Å². The number of benzene rings is 1. The molecule has 1 aromatic carbocycles. The highest BCUT2D eigenvalue weighted by Crippen LogP contribution is 2.22. The van der Waals surface area contributed by atoms with Crippen molar-refractivity contribution in [2.75, 3.05) is 0 Å². The average molecular weight is 268 g/mol. The van der Waals surface area contributed by atoms with Crippen molar-refractivity contribution in [3.05, 3.63) is 47.4 Å². The molecule has 0 atom stereocenters. The van der Waals surface area contributed by atoms with Crippen LogP contribution in [0.2, 0.25) is 0 Å². The summed E-state index contributed by atoms with van der Waals surface area (Å²) in [7, 11) is 0. The van der Waals surface area contributed by atoms with E-state index in [1.54, 1.807) is 6.92 Å². The summed E-state index contributed by atoms with van der Waals surface area (Å²) in [5, 5.41) is 23.4. The maximum absolute atomic E-state index is 11.1. The van der Waals surface area contributed by atoms with Gasteiger partial charge in [-0.25, -0.2) is 9.48 Å². The molecule has 6 heteroatoms. The number of carboxylic acids is 1. The SMILES string of the molecule is Cc1nn(-c2nnc(C)c3ccccc23)cc1C(=O)O. The van der Waals surface area contributed by atoms with Crippen LogP contribution < -0.4 is 0 Å². The van der Waals surface area contributed by atoms with Crippen molar-refractivity contribution in [2.24, 2.45) is 0 Å². The molecule has 0 aliphatic rings. The van der Waals surface area contributed by atoms with Gasteiger partial charge in [0.2, 0.25) is 0 Å². The maximum atomic E-state index is 11.1. The summed E-state index contributed by atoms with van der Waals surface area (Å²) in [6, 6.07) is 7.71. The van der Waals surface area contributed by atoms with E-state index in [9.17, 15) is 4.79 Å². The summed E-state index contributed by atoms with van der Waals surface area (Å²) in [6.07, 6.45) is 1.46. The lowest BCUT2D eigenvalue weighted by molar-refractivity contribution is 0.0696. The van der Waals surface area contributed by atoms with E-state index < -0.39 is 5.97 Å².